The Labute approximate surface area is 91.0 Å². The Morgan fingerprint density at radius 3 is 2.88 bits per heavy atom. The first-order valence-corrected chi connectivity index (χ1v) is 5.28. The number of hydrogen-bond donors (Lipinski definition) is 1. The van der Waals surface area contributed by atoms with Crippen LogP contribution in [0.1, 0.15) is 24.7 Å². The van der Waals surface area contributed by atoms with Gasteiger partial charge in [0.05, 0.1) is 18.2 Å². The highest BCUT2D eigenvalue weighted by atomic mass is 19.4. The molecule has 6 heteroatoms. The summed E-state index contributed by atoms with van der Waals surface area (Å²) in [6.07, 6.45) is -3.65. The maximum absolute atomic E-state index is 12.5. The van der Waals surface area contributed by atoms with Crippen LogP contribution in [0.15, 0.2) is 0 Å². The highest BCUT2D eigenvalue weighted by molar-refractivity contribution is 5.21. The van der Waals surface area contributed by atoms with Crippen molar-refractivity contribution in [3.05, 3.63) is 11.4 Å². The zero-order valence-corrected chi connectivity index (χ0v) is 8.90. The molecule has 0 aromatic carbocycles. The van der Waals surface area contributed by atoms with Gasteiger partial charge in [0.15, 0.2) is 0 Å². The van der Waals surface area contributed by atoms with Crippen LogP contribution in [0.25, 0.3) is 0 Å². The van der Waals surface area contributed by atoms with E-state index in [4.69, 9.17) is 4.74 Å². The molecule has 0 radical (unpaired) electrons. The van der Waals surface area contributed by atoms with Gasteiger partial charge >= 0.3 is 6.18 Å². The number of nitrogens with one attached hydrogen (secondary N) is 1. The van der Waals surface area contributed by atoms with E-state index in [1.807, 2.05) is 0 Å². The van der Waals surface area contributed by atoms with Crippen molar-refractivity contribution < 1.29 is 17.9 Å². The molecule has 0 spiro atoms. The van der Waals surface area contributed by atoms with Crippen LogP contribution in [0.4, 0.5) is 13.2 Å². The summed E-state index contributed by atoms with van der Waals surface area (Å²) < 4.78 is 42.7. The monoisotopic (exact) mass is 234 g/mol. The Morgan fingerprint density at radius 2 is 2.25 bits per heavy atom. The van der Waals surface area contributed by atoms with Crippen LogP contribution in [0.2, 0.25) is 0 Å². The molecule has 1 aromatic heterocycles. The Morgan fingerprint density at radius 1 is 1.50 bits per heavy atom. The fourth-order valence-electron chi connectivity index (χ4n) is 1.94. The van der Waals surface area contributed by atoms with Gasteiger partial charge in [-0.1, -0.05) is 0 Å². The first kappa shape index (κ1) is 11.3. The van der Waals surface area contributed by atoms with E-state index in [-0.39, 0.29) is 12.8 Å². The van der Waals surface area contributed by atoms with E-state index in [1.54, 1.807) is 6.92 Å². The lowest BCUT2D eigenvalue weighted by atomic mass is 9.89. The van der Waals surface area contributed by atoms with E-state index in [0.717, 1.165) is 0 Å². The van der Waals surface area contributed by atoms with Gasteiger partial charge in [0.2, 0.25) is 0 Å². The summed E-state index contributed by atoms with van der Waals surface area (Å²) in [6.45, 7) is 2.26. The smallest absolute Gasteiger partial charge is 0.392 e. The Bertz CT molecular complexity index is 373. The summed E-state index contributed by atoms with van der Waals surface area (Å²) in [4.78, 5) is 6.92. The first-order chi connectivity index (χ1) is 7.50. The molecule has 1 aliphatic rings. The molecule has 16 heavy (non-hydrogen) atoms. The number of H-pyrrole nitrogens is 1. The van der Waals surface area contributed by atoms with Crippen LogP contribution < -0.4 is 4.74 Å². The minimum atomic E-state index is -4.12. The average molecular weight is 234 g/mol. The van der Waals surface area contributed by atoms with E-state index in [0.29, 0.717) is 30.4 Å². The number of nitrogens with zero attached hydrogens (tertiary/aromatic N) is 1. The number of aromatic nitrogens is 2. The van der Waals surface area contributed by atoms with Gasteiger partial charge in [-0.15, -0.1) is 0 Å². The third-order valence-electron chi connectivity index (χ3n) is 2.77. The van der Waals surface area contributed by atoms with Crippen molar-refractivity contribution in [3.8, 4) is 6.01 Å². The number of alkyl halides is 3. The fourth-order valence-corrected chi connectivity index (χ4v) is 1.94. The van der Waals surface area contributed by atoms with Crippen molar-refractivity contribution in [2.75, 3.05) is 6.61 Å². The zero-order valence-electron chi connectivity index (χ0n) is 8.90. The van der Waals surface area contributed by atoms with Crippen molar-refractivity contribution in [2.45, 2.75) is 32.4 Å². The van der Waals surface area contributed by atoms with Gasteiger partial charge in [0.25, 0.3) is 6.01 Å². The summed E-state index contributed by atoms with van der Waals surface area (Å²) in [6, 6.07) is 0.329. The largest absolute Gasteiger partial charge is 0.465 e. The van der Waals surface area contributed by atoms with Gasteiger partial charge in [-0.3, -0.25) is 0 Å². The van der Waals surface area contributed by atoms with Crippen molar-refractivity contribution in [2.24, 2.45) is 5.92 Å². The Balaban J connectivity index is 2.14. The number of aromatic amines is 1. The molecule has 0 saturated heterocycles. The van der Waals surface area contributed by atoms with Gasteiger partial charge in [0, 0.05) is 12.1 Å². The molecule has 1 N–H and O–H groups in total. The van der Waals surface area contributed by atoms with E-state index in [9.17, 15) is 13.2 Å². The molecule has 1 aromatic rings. The molecule has 90 valence electrons. The molecular weight excluding hydrogens is 221 g/mol. The highest BCUT2D eigenvalue weighted by Crippen LogP contribution is 2.36. The van der Waals surface area contributed by atoms with Crippen molar-refractivity contribution in [3.63, 3.8) is 0 Å². The third-order valence-corrected chi connectivity index (χ3v) is 2.77. The summed E-state index contributed by atoms with van der Waals surface area (Å²) in [5.41, 5.74) is 1.28. The Kier molecular flexibility index (Phi) is 2.82. The molecule has 1 heterocycles. The lowest BCUT2D eigenvalue weighted by molar-refractivity contribution is -0.177. The van der Waals surface area contributed by atoms with Gasteiger partial charge < -0.3 is 9.72 Å². The molecule has 0 saturated carbocycles. The van der Waals surface area contributed by atoms with Crippen LogP contribution in [-0.2, 0) is 12.8 Å². The second-order valence-corrected chi connectivity index (χ2v) is 3.88. The molecule has 3 nitrogen and oxygen atoms in total. The molecule has 0 aliphatic heterocycles. The molecule has 0 fully saturated rings. The molecule has 2 rings (SSSR count). The number of aryl methyl sites for hydroxylation is 1. The zero-order chi connectivity index (χ0) is 11.8. The van der Waals surface area contributed by atoms with Crippen LogP contribution in [-0.4, -0.2) is 22.8 Å². The van der Waals surface area contributed by atoms with Crippen LogP contribution >= 0.6 is 0 Å². The highest BCUT2D eigenvalue weighted by Gasteiger charge is 2.42. The van der Waals surface area contributed by atoms with E-state index >= 15 is 0 Å². The summed E-state index contributed by atoms with van der Waals surface area (Å²) in [7, 11) is 0. The predicted molar refractivity (Wildman–Crippen MR) is 51.3 cm³/mol. The number of rotatable bonds is 2. The van der Waals surface area contributed by atoms with Crippen LogP contribution in [0.3, 0.4) is 0 Å². The lowest BCUT2D eigenvalue weighted by Gasteiger charge is -2.23. The third kappa shape index (κ3) is 2.15. The van der Waals surface area contributed by atoms with Crippen molar-refractivity contribution in [1.82, 2.24) is 9.97 Å². The maximum Gasteiger partial charge on any atom is 0.392 e. The number of fused-ring (bicyclic) bond motifs is 1. The Hall–Kier alpha value is -1.20. The van der Waals surface area contributed by atoms with E-state index in [2.05, 4.69) is 9.97 Å². The number of halogens is 3. The first-order valence-electron chi connectivity index (χ1n) is 5.28. The molecule has 1 unspecified atom stereocenters. The molecule has 0 amide bonds. The van der Waals surface area contributed by atoms with Crippen LogP contribution in [0, 0.1) is 5.92 Å². The number of ether oxygens (including phenoxy) is 1. The topological polar surface area (TPSA) is 37.9 Å². The van der Waals surface area contributed by atoms with Crippen molar-refractivity contribution in [1.29, 1.82) is 0 Å². The van der Waals surface area contributed by atoms with E-state index in [1.165, 1.54) is 0 Å². The summed E-state index contributed by atoms with van der Waals surface area (Å²) in [5, 5.41) is 0. The summed E-state index contributed by atoms with van der Waals surface area (Å²) >= 11 is 0. The quantitative estimate of drug-likeness (QED) is 0.853. The molecule has 1 aliphatic carbocycles. The minimum absolute atomic E-state index is 0.0150. The minimum Gasteiger partial charge on any atom is -0.465 e. The predicted octanol–water partition coefficient (Wildman–Crippen LogP) is 2.48. The maximum atomic E-state index is 12.5. The van der Waals surface area contributed by atoms with Gasteiger partial charge in [-0.05, 0) is 19.8 Å². The van der Waals surface area contributed by atoms with Gasteiger partial charge in [-0.2, -0.15) is 13.2 Å². The fraction of sp³-hybridized carbons (Fsp3) is 0.700. The number of hydrogen-bond acceptors (Lipinski definition) is 2. The second kappa shape index (κ2) is 3.99. The second-order valence-electron chi connectivity index (χ2n) is 3.88. The van der Waals surface area contributed by atoms with E-state index < -0.39 is 12.1 Å². The molecular formula is C10H13F3N2O. The van der Waals surface area contributed by atoms with Gasteiger partial charge in [-0.25, -0.2) is 4.98 Å². The lowest BCUT2D eigenvalue weighted by Crippen LogP contribution is -2.28. The van der Waals surface area contributed by atoms with Crippen LogP contribution in [0.5, 0.6) is 6.01 Å². The standard InChI is InChI=1S/C10H13F3N2O/c1-2-16-9-14-7-4-3-6(10(11,12)13)5-8(7)15-9/h6H,2-5H2,1H3,(H,14,15). The normalized spacial score (nSPS) is 20.6. The van der Waals surface area contributed by atoms with Crippen molar-refractivity contribution >= 4 is 0 Å². The molecule has 1 atom stereocenters. The molecule has 0 bridgehead atoms. The summed E-state index contributed by atoms with van der Waals surface area (Å²) in [5.74, 6) is -1.25. The average Bonchev–Trinajstić information content (AvgIpc) is 2.57. The SMILES string of the molecule is CCOc1nc2c([nH]1)CC(C(F)(F)F)CC2. The van der Waals surface area contributed by atoms with Gasteiger partial charge in [0.1, 0.15) is 0 Å². The number of imidazole rings is 1.